The zero-order valence-electron chi connectivity index (χ0n) is 14.1. The van der Waals surface area contributed by atoms with Crippen molar-refractivity contribution in [2.75, 3.05) is 5.75 Å². The Bertz CT molecular complexity index is 992. The minimum absolute atomic E-state index is 0.00903. The normalized spacial score (nSPS) is 16.1. The third kappa shape index (κ3) is 3.46. The van der Waals surface area contributed by atoms with Crippen LogP contribution in [0.5, 0.6) is 0 Å². The molecule has 26 heavy (non-hydrogen) atoms. The van der Waals surface area contributed by atoms with Gasteiger partial charge >= 0.3 is 0 Å². The van der Waals surface area contributed by atoms with Crippen LogP contribution < -0.4 is 10.9 Å². The van der Waals surface area contributed by atoms with Gasteiger partial charge in [0.1, 0.15) is 5.76 Å². The second-order valence-electron chi connectivity index (χ2n) is 6.13. The van der Waals surface area contributed by atoms with Gasteiger partial charge in [0.2, 0.25) is 0 Å². The highest BCUT2D eigenvalue weighted by Gasteiger charge is 2.23. The molecule has 1 aromatic carbocycles. The summed E-state index contributed by atoms with van der Waals surface area (Å²) >= 11 is 1.81. The van der Waals surface area contributed by atoms with Crippen molar-refractivity contribution >= 4 is 17.7 Å². The summed E-state index contributed by atoms with van der Waals surface area (Å²) in [6.45, 7) is 0.301. The predicted octanol–water partition coefficient (Wildman–Crippen LogP) is 3.46. The lowest BCUT2D eigenvalue weighted by Crippen LogP contribution is -2.30. The summed E-state index contributed by atoms with van der Waals surface area (Å²) in [7, 11) is 0. The van der Waals surface area contributed by atoms with Crippen molar-refractivity contribution in [2.45, 2.75) is 23.9 Å². The van der Waals surface area contributed by atoms with E-state index in [1.165, 1.54) is 15.5 Å². The lowest BCUT2D eigenvalue weighted by molar-refractivity contribution is 0.0905. The van der Waals surface area contributed by atoms with E-state index in [2.05, 4.69) is 17.4 Å². The van der Waals surface area contributed by atoms with Crippen molar-refractivity contribution in [2.24, 2.45) is 0 Å². The second kappa shape index (κ2) is 7.25. The molecule has 0 saturated carbocycles. The summed E-state index contributed by atoms with van der Waals surface area (Å²) in [5, 5.41) is 3.07. The molecule has 132 valence electrons. The standard InChI is InChI=1S/C20H18N2O3S/c23-19-7-3-4-11-22(19)13-14-8-9-17(25-14)20(24)21-16-10-12-26-18-6-2-1-5-15(16)18/h1-9,11,16H,10,12-13H2,(H,21,24)/t16-/m0/s1. The number of rotatable bonds is 4. The van der Waals surface area contributed by atoms with E-state index < -0.39 is 0 Å². The molecule has 0 unspecified atom stereocenters. The first-order valence-electron chi connectivity index (χ1n) is 8.47. The van der Waals surface area contributed by atoms with E-state index in [0.717, 1.165) is 17.7 Å². The van der Waals surface area contributed by atoms with Crippen LogP contribution in [0.2, 0.25) is 0 Å². The van der Waals surface area contributed by atoms with Gasteiger partial charge in [-0.2, -0.15) is 0 Å². The maximum atomic E-state index is 12.6. The fraction of sp³-hybridized carbons (Fsp3) is 0.200. The highest BCUT2D eigenvalue weighted by molar-refractivity contribution is 7.99. The summed E-state index contributed by atoms with van der Waals surface area (Å²) in [5.74, 6) is 1.58. The van der Waals surface area contributed by atoms with Crippen molar-refractivity contribution in [3.8, 4) is 0 Å². The molecule has 1 amide bonds. The molecule has 1 aliphatic heterocycles. The number of thioether (sulfide) groups is 1. The van der Waals surface area contributed by atoms with Gasteiger partial charge in [-0.25, -0.2) is 0 Å². The number of amides is 1. The van der Waals surface area contributed by atoms with E-state index in [1.807, 2.05) is 23.9 Å². The number of nitrogens with one attached hydrogen (secondary N) is 1. The number of carbonyl (C=O) groups excluding carboxylic acids is 1. The van der Waals surface area contributed by atoms with Crippen LogP contribution in [0.4, 0.5) is 0 Å². The fourth-order valence-electron chi connectivity index (χ4n) is 3.07. The molecule has 3 heterocycles. The highest BCUT2D eigenvalue weighted by atomic mass is 32.2. The van der Waals surface area contributed by atoms with Crippen molar-refractivity contribution in [3.63, 3.8) is 0 Å². The van der Waals surface area contributed by atoms with E-state index in [4.69, 9.17) is 4.42 Å². The third-order valence-corrected chi connectivity index (χ3v) is 5.50. The van der Waals surface area contributed by atoms with Crippen LogP contribution in [0.15, 0.2) is 74.9 Å². The molecule has 3 aromatic rings. The van der Waals surface area contributed by atoms with E-state index in [-0.39, 0.29) is 23.3 Å². The fourth-order valence-corrected chi connectivity index (χ4v) is 4.19. The average Bonchev–Trinajstić information content (AvgIpc) is 3.13. The van der Waals surface area contributed by atoms with Crippen LogP contribution in [0.3, 0.4) is 0 Å². The minimum Gasteiger partial charge on any atom is -0.454 e. The van der Waals surface area contributed by atoms with Gasteiger partial charge in [0.25, 0.3) is 11.5 Å². The third-order valence-electron chi connectivity index (χ3n) is 4.37. The Kier molecular flexibility index (Phi) is 4.67. The topological polar surface area (TPSA) is 64.2 Å². The average molecular weight is 366 g/mol. The highest BCUT2D eigenvalue weighted by Crippen LogP contribution is 2.35. The van der Waals surface area contributed by atoms with Crippen molar-refractivity contribution in [3.05, 3.63) is 88.2 Å². The van der Waals surface area contributed by atoms with Gasteiger partial charge in [-0.05, 0) is 36.2 Å². The number of nitrogens with zero attached hydrogens (tertiary/aromatic N) is 1. The summed E-state index contributed by atoms with van der Waals surface area (Å²) < 4.78 is 7.19. The number of carbonyl (C=O) groups is 1. The number of aromatic nitrogens is 1. The molecular formula is C20H18N2O3S. The van der Waals surface area contributed by atoms with Gasteiger partial charge in [-0.1, -0.05) is 24.3 Å². The molecule has 0 aliphatic carbocycles. The van der Waals surface area contributed by atoms with Gasteiger partial charge < -0.3 is 14.3 Å². The second-order valence-corrected chi connectivity index (χ2v) is 7.27. The van der Waals surface area contributed by atoms with Crippen molar-refractivity contribution in [1.29, 1.82) is 0 Å². The number of hydrogen-bond acceptors (Lipinski definition) is 4. The number of hydrogen-bond donors (Lipinski definition) is 1. The van der Waals surface area contributed by atoms with Gasteiger partial charge in [0.05, 0.1) is 12.6 Å². The Morgan fingerprint density at radius 1 is 1.15 bits per heavy atom. The lowest BCUT2D eigenvalue weighted by Gasteiger charge is -2.25. The Morgan fingerprint density at radius 3 is 2.88 bits per heavy atom. The van der Waals surface area contributed by atoms with E-state index >= 15 is 0 Å². The Labute approximate surface area is 155 Å². The summed E-state index contributed by atoms with van der Waals surface area (Å²) in [5.41, 5.74) is 1.05. The first-order valence-corrected chi connectivity index (χ1v) is 9.46. The molecule has 2 aromatic heterocycles. The number of fused-ring (bicyclic) bond motifs is 1. The molecule has 0 bridgehead atoms. The largest absolute Gasteiger partial charge is 0.454 e. The smallest absolute Gasteiger partial charge is 0.287 e. The first kappa shape index (κ1) is 16.7. The maximum Gasteiger partial charge on any atom is 0.287 e. The van der Waals surface area contributed by atoms with Gasteiger partial charge in [-0.3, -0.25) is 9.59 Å². The molecule has 0 fully saturated rings. The van der Waals surface area contributed by atoms with E-state index in [9.17, 15) is 9.59 Å². The molecule has 0 spiro atoms. The summed E-state index contributed by atoms with van der Waals surface area (Å²) in [6.07, 6.45) is 2.58. The van der Waals surface area contributed by atoms with Gasteiger partial charge in [-0.15, -0.1) is 11.8 Å². The quantitative estimate of drug-likeness (QED) is 0.768. The zero-order chi connectivity index (χ0) is 17.9. The molecule has 0 saturated heterocycles. The van der Waals surface area contributed by atoms with Gasteiger partial charge in [0.15, 0.2) is 5.76 Å². The molecule has 6 heteroatoms. The van der Waals surface area contributed by atoms with Crippen LogP contribution in [-0.2, 0) is 6.54 Å². The number of furan rings is 1. The summed E-state index contributed by atoms with van der Waals surface area (Å²) in [4.78, 5) is 25.6. The Balaban J connectivity index is 1.48. The van der Waals surface area contributed by atoms with Crippen molar-refractivity contribution < 1.29 is 9.21 Å². The molecule has 1 aliphatic rings. The lowest BCUT2D eigenvalue weighted by atomic mass is 10.0. The molecule has 1 N–H and O–H groups in total. The predicted molar refractivity (Wildman–Crippen MR) is 101 cm³/mol. The first-order chi connectivity index (χ1) is 12.7. The monoisotopic (exact) mass is 366 g/mol. The molecule has 1 atom stereocenters. The number of pyridine rings is 1. The van der Waals surface area contributed by atoms with Crippen LogP contribution in [0.25, 0.3) is 0 Å². The van der Waals surface area contributed by atoms with E-state index in [0.29, 0.717) is 12.3 Å². The Morgan fingerprint density at radius 2 is 2.00 bits per heavy atom. The Hall–Kier alpha value is -2.73. The van der Waals surface area contributed by atoms with Gasteiger partial charge in [0, 0.05) is 22.9 Å². The minimum atomic E-state index is -0.233. The van der Waals surface area contributed by atoms with Crippen LogP contribution in [-0.4, -0.2) is 16.2 Å². The van der Waals surface area contributed by atoms with E-state index in [1.54, 1.807) is 30.5 Å². The SMILES string of the molecule is O=C(N[C@H]1CCSc2ccccc21)c1ccc(Cn2ccccc2=O)o1. The van der Waals surface area contributed by atoms with Crippen LogP contribution >= 0.6 is 11.8 Å². The van der Waals surface area contributed by atoms with Crippen molar-refractivity contribution in [1.82, 2.24) is 9.88 Å². The van der Waals surface area contributed by atoms with Crippen LogP contribution in [0.1, 0.15) is 34.3 Å². The molecular weight excluding hydrogens is 348 g/mol. The molecule has 5 nitrogen and oxygen atoms in total. The maximum absolute atomic E-state index is 12.6. The molecule has 4 rings (SSSR count). The molecule has 0 radical (unpaired) electrons. The van der Waals surface area contributed by atoms with Crippen LogP contribution in [0, 0.1) is 0 Å². The summed E-state index contributed by atoms with van der Waals surface area (Å²) in [6, 6.07) is 16.5. The zero-order valence-corrected chi connectivity index (χ0v) is 14.9. The number of benzene rings is 1.